The lowest BCUT2D eigenvalue weighted by molar-refractivity contribution is -0.382. The normalized spacial score (nSPS) is 10.7. The zero-order valence-corrected chi connectivity index (χ0v) is 10.8. The van der Waals surface area contributed by atoms with E-state index in [1.807, 2.05) is 0 Å². The molecule has 2 aromatic rings. The molecule has 0 unspecified atom stereocenters. The van der Waals surface area contributed by atoms with E-state index in [1.54, 1.807) is 35.4 Å². The second-order valence-electron chi connectivity index (χ2n) is 4.19. The van der Waals surface area contributed by atoms with Crippen LogP contribution in [0.1, 0.15) is 0 Å². The summed E-state index contributed by atoms with van der Waals surface area (Å²) >= 11 is 0. The lowest BCUT2D eigenvalue weighted by atomic mass is 10.1. The summed E-state index contributed by atoms with van der Waals surface area (Å²) in [4.78, 5) is 16.6. The van der Waals surface area contributed by atoms with E-state index in [2.05, 4.69) is 4.98 Å². The molecule has 0 bridgehead atoms. The van der Waals surface area contributed by atoms with E-state index in [4.69, 9.17) is 10.2 Å². The van der Waals surface area contributed by atoms with Gasteiger partial charge in [-0.05, 0) is 24.3 Å². The molecule has 106 valence electrons. The highest BCUT2D eigenvalue weighted by molar-refractivity contribution is 5.94. The summed E-state index contributed by atoms with van der Waals surface area (Å²) < 4.78 is 0. The Labute approximate surface area is 115 Å². The Hall–Kier alpha value is -2.25. The van der Waals surface area contributed by atoms with Crippen LogP contribution in [0.2, 0.25) is 0 Å². The summed E-state index contributed by atoms with van der Waals surface area (Å²) in [6.07, 6.45) is 1.57. The van der Waals surface area contributed by atoms with Crippen LogP contribution in [-0.4, -0.2) is 46.4 Å². The highest BCUT2D eigenvalue weighted by Crippen LogP contribution is 2.34. The number of pyridine rings is 1. The Balaban J connectivity index is 2.62. The van der Waals surface area contributed by atoms with Gasteiger partial charge in [-0.3, -0.25) is 15.1 Å². The van der Waals surface area contributed by atoms with Crippen LogP contribution >= 0.6 is 0 Å². The summed E-state index contributed by atoms with van der Waals surface area (Å²) in [7, 11) is 0. The number of nitrogens with zero attached hydrogens (tertiary/aromatic N) is 3. The van der Waals surface area contributed by atoms with Gasteiger partial charge in [0.25, 0.3) is 0 Å². The molecule has 0 amide bonds. The number of nitro benzene ring substituents is 1. The Kier molecular flexibility index (Phi) is 4.44. The van der Waals surface area contributed by atoms with E-state index in [0.29, 0.717) is 16.6 Å². The van der Waals surface area contributed by atoms with Gasteiger partial charge in [0, 0.05) is 19.3 Å². The van der Waals surface area contributed by atoms with Crippen LogP contribution in [0, 0.1) is 10.1 Å². The first kappa shape index (κ1) is 14.2. The van der Waals surface area contributed by atoms with Gasteiger partial charge in [-0.25, -0.2) is 0 Å². The van der Waals surface area contributed by atoms with Gasteiger partial charge >= 0.3 is 5.69 Å². The van der Waals surface area contributed by atoms with Crippen molar-refractivity contribution in [2.75, 3.05) is 31.2 Å². The van der Waals surface area contributed by atoms with Crippen molar-refractivity contribution in [3.63, 3.8) is 0 Å². The molecule has 0 radical (unpaired) electrons. The van der Waals surface area contributed by atoms with Crippen molar-refractivity contribution in [3.8, 4) is 0 Å². The molecular formula is C13H15N3O4. The van der Waals surface area contributed by atoms with Crippen molar-refractivity contribution in [2.24, 2.45) is 0 Å². The predicted octanol–water partition coefficient (Wildman–Crippen LogP) is 0.934. The van der Waals surface area contributed by atoms with Crippen LogP contribution in [0.25, 0.3) is 10.9 Å². The minimum atomic E-state index is -0.457. The molecule has 0 aliphatic carbocycles. The average Bonchev–Trinajstić information content (AvgIpc) is 2.45. The zero-order chi connectivity index (χ0) is 14.5. The van der Waals surface area contributed by atoms with Crippen molar-refractivity contribution in [2.45, 2.75) is 0 Å². The minimum Gasteiger partial charge on any atom is -0.395 e. The lowest BCUT2D eigenvalue weighted by Gasteiger charge is -2.23. The fourth-order valence-electron chi connectivity index (χ4n) is 2.17. The van der Waals surface area contributed by atoms with Crippen molar-refractivity contribution in [3.05, 3.63) is 40.6 Å². The number of fused-ring (bicyclic) bond motifs is 1. The number of aromatic nitrogens is 1. The lowest BCUT2D eigenvalue weighted by Crippen LogP contribution is -2.30. The number of benzene rings is 1. The molecule has 1 heterocycles. The fraction of sp³-hybridized carbons (Fsp3) is 0.308. The maximum atomic E-state index is 11.4. The predicted molar refractivity (Wildman–Crippen MR) is 74.8 cm³/mol. The molecule has 0 spiro atoms. The third-order valence-electron chi connectivity index (χ3n) is 3.00. The molecule has 0 saturated heterocycles. The zero-order valence-electron chi connectivity index (χ0n) is 10.8. The Bertz CT molecular complexity index is 612. The smallest absolute Gasteiger partial charge is 0.301 e. The van der Waals surface area contributed by atoms with Gasteiger partial charge < -0.3 is 15.1 Å². The molecule has 20 heavy (non-hydrogen) atoms. The van der Waals surface area contributed by atoms with Crippen molar-refractivity contribution >= 4 is 22.3 Å². The number of nitro groups is 1. The number of anilines is 1. The first-order valence-corrected chi connectivity index (χ1v) is 6.18. The molecular weight excluding hydrogens is 262 g/mol. The molecule has 0 aliphatic heterocycles. The van der Waals surface area contributed by atoms with Crippen LogP contribution in [0.3, 0.4) is 0 Å². The van der Waals surface area contributed by atoms with E-state index in [1.165, 1.54) is 0 Å². The van der Waals surface area contributed by atoms with Gasteiger partial charge in [0.15, 0.2) is 0 Å². The van der Waals surface area contributed by atoms with E-state index in [9.17, 15) is 10.1 Å². The number of aliphatic hydroxyl groups is 2. The summed E-state index contributed by atoms with van der Waals surface area (Å²) in [5.74, 6) is 0. The molecule has 7 nitrogen and oxygen atoms in total. The standard InChI is InChI=1S/C13H15N3O4/c17-8-6-15(7-9-18)12-4-3-11-10(2-1-5-14-11)13(12)16(19)20/h1-5,17-18H,6-9H2. The summed E-state index contributed by atoms with van der Waals surface area (Å²) in [6, 6.07) is 6.57. The molecule has 0 saturated carbocycles. The molecule has 1 aromatic heterocycles. The third kappa shape index (κ3) is 2.68. The van der Waals surface area contributed by atoms with Crippen LogP contribution < -0.4 is 4.90 Å². The molecule has 7 heteroatoms. The second-order valence-corrected chi connectivity index (χ2v) is 4.19. The Morgan fingerprint density at radius 2 is 1.90 bits per heavy atom. The van der Waals surface area contributed by atoms with Gasteiger partial charge in [0.1, 0.15) is 5.69 Å². The largest absolute Gasteiger partial charge is 0.395 e. The molecule has 2 N–H and O–H groups in total. The maximum Gasteiger partial charge on any atom is 0.301 e. The Morgan fingerprint density at radius 1 is 1.20 bits per heavy atom. The highest BCUT2D eigenvalue weighted by Gasteiger charge is 2.22. The topological polar surface area (TPSA) is 99.7 Å². The van der Waals surface area contributed by atoms with Gasteiger partial charge in [-0.15, -0.1) is 0 Å². The second kappa shape index (κ2) is 6.27. The highest BCUT2D eigenvalue weighted by atomic mass is 16.6. The van der Waals surface area contributed by atoms with Gasteiger partial charge in [0.05, 0.1) is 29.0 Å². The SMILES string of the molecule is O=[N+]([O-])c1c(N(CCO)CCO)ccc2ncccc12. The van der Waals surface area contributed by atoms with Gasteiger partial charge in [-0.2, -0.15) is 0 Å². The van der Waals surface area contributed by atoms with Crippen molar-refractivity contribution in [1.82, 2.24) is 4.98 Å². The van der Waals surface area contributed by atoms with Gasteiger partial charge in [0.2, 0.25) is 0 Å². The molecule has 2 rings (SSSR count). The van der Waals surface area contributed by atoms with Gasteiger partial charge in [-0.1, -0.05) is 0 Å². The summed E-state index contributed by atoms with van der Waals surface area (Å²) in [5.41, 5.74) is 0.854. The quantitative estimate of drug-likeness (QED) is 0.602. The van der Waals surface area contributed by atoms with Crippen molar-refractivity contribution < 1.29 is 15.1 Å². The van der Waals surface area contributed by atoms with Crippen LogP contribution in [0.4, 0.5) is 11.4 Å². The Morgan fingerprint density at radius 3 is 2.50 bits per heavy atom. The monoisotopic (exact) mass is 277 g/mol. The van der Waals surface area contributed by atoms with E-state index >= 15 is 0 Å². The third-order valence-corrected chi connectivity index (χ3v) is 3.00. The summed E-state index contributed by atoms with van der Waals surface area (Å²) in [6.45, 7) is 0.130. The minimum absolute atomic E-state index is 0.0579. The molecule has 1 aromatic carbocycles. The van der Waals surface area contributed by atoms with E-state index in [-0.39, 0.29) is 32.0 Å². The molecule has 0 atom stereocenters. The number of hydrogen-bond acceptors (Lipinski definition) is 6. The van der Waals surface area contributed by atoms with Crippen molar-refractivity contribution in [1.29, 1.82) is 0 Å². The van der Waals surface area contributed by atoms with Crippen LogP contribution in [-0.2, 0) is 0 Å². The van der Waals surface area contributed by atoms with E-state index < -0.39 is 4.92 Å². The number of hydrogen-bond donors (Lipinski definition) is 2. The number of rotatable bonds is 6. The molecule has 0 fully saturated rings. The molecule has 0 aliphatic rings. The van der Waals surface area contributed by atoms with Crippen LogP contribution in [0.15, 0.2) is 30.5 Å². The maximum absolute atomic E-state index is 11.4. The first-order chi connectivity index (χ1) is 9.69. The average molecular weight is 277 g/mol. The van der Waals surface area contributed by atoms with Crippen LogP contribution in [0.5, 0.6) is 0 Å². The fourth-order valence-corrected chi connectivity index (χ4v) is 2.17. The number of aliphatic hydroxyl groups excluding tert-OH is 2. The van der Waals surface area contributed by atoms with E-state index in [0.717, 1.165) is 0 Å². The summed E-state index contributed by atoms with van der Waals surface area (Å²) in [5, 5.41) is 29.9. The first-order valence-electron chi connectivity index (χ1n) is 6.18.